The number of hydrogen-bond donors (Lipinski definition) is 1. The first kappa shape index (κ1) is 26.3. The van der Waals surface area contributed by atoms with E-state index in [0.717, 1.165) is 56.9 Å². The van der Waals surface area contributed by atoms with Gasteiger partial charge in [0.25, 0.3) is 0 Å². The number of carbonyl (C=O) groups excluding carboxylic acids is 1. The first-order valence-electron chi connectivity index (χ1n) is 11.1. The van der Waals surface area contributed by atoms with Gasteiger partial charge in [0.1, 0.15) is 12.1 Å². The Labute approximate surface area is 217 Å². The molecule has 1 aliphatic carbocycles. The van der Waals surface area contributed by atoms with Gasteiger partial charge in [-0.1, -0.05) is 36.2 Å². The molecule has 3 atom stereocenters. The van der Waals surface area contributed by atoms with Crippen molar-refractivity contribution in [1.29, 1.82) is 0 Å². The normalized spacial score (nSPS) is 24.2. The predicted octanol–water partition coefficient (Wildman–Crippen LogP) is 4.33. The molecular formula is C23H29Cl4N5O. The fraction of sp³-hybridized carbons (Fsp3) is 0.522. The zero-order valence-electron chi connectivity index (χ0n) is 18.5. The van der Waals surface area contributed by atoms with Crippen LogP contribution in [0.1, 0.15) is 42.0 Å². The molecule has 180 valence electrons. The van der Waals surface area contributed by atoms with Crippen molar-refractivity contribution < 1.29 is 4.79 Å². The van der Waals surface area contributed by atoms with Crippen LogP contribution >= 0.6 is 48.0 Å². The van der Waals surface area contributed by atoms with Crippen LogP contribution in [0.25, 0.3) is 0 Å². The second kappa shape index (κ2) is 11.0. The van der Waals surface area contributed by atoms with Crippen LogP contribution in [-0.2, 0) is 11.2 Å². The van der Waals surface area contributed by atoms with Gasteiger partial charge in [-0.15, -0.1) is 24.8 Å². The van der Waals surface area contributed by atoms with E-state index < -0.39 is 0 Å². The van der Waals surface area contributed by atoms with Crippen molar-refractivity contribution in [1.82, 2.24) is 20.2 Å². The number of benzene rings is 1. The lowest BCUT2D eigenvalue weighted by atomic mass is 9.88. The fourth-order valence-electron chi connectivity index (χ4n) is 5.28. The molecule has 2 fully saturated rings. The van der Waals surface area contributed by atoms with Gasteiger partial charge in [-0.2, -0.15) is 0 Å². The summed E-state index contributed by atoms with van der Waals surface area (Å²) in [7, 11) is 0. The fourth-order valence-corrected chi connectivity index (χ4v) is 5.59. The molecule has 1 N–H and O–H groups in total. The van der Waals surface area contributed by atoms with Gasteiger partial charge in [-0.05, 0) is 36.5 Å². The second-order valence-electron chi connectivity index (χ2n) is 8.85. The third-order valence-corrected chi connectivity index (χ3v) is 7.79. The monoisotopic (exact) mass is 531 g/mol. The number of anilines is 1. The van der Waals surface area contributed by atoms with Crippen molar-refractivity contribution in [3.05, 3.63) is 51.4 Å². The number of carbonyl (C=O) groups is 1. The minimum absolute atomic E-state index is 0. The average Bonchev–Trinajstić information content (AvgIpc) is 3.43. The quantitative estimate of drug-likeness (QED) is 0.637. The van der Waals surface area contributed by atoms with Crippen LogP contribution in [0.15, 0.2) is 24.5 Å². The first-order valence-corrected chi connectivity index (χ1v) is 11.8. The smallest absolute Gasteiger partial charge is 0.227 e. The third-order valence-electron chi connectivity index (χ3n) is 7.05. The van der Waals surface area contributed by atoms with Crippen LogP contribution in [0.3, 0.4) is 0 Å². The van der Waals surface area contributed by atoms with Gasteiger partial charge in [-0.25, -0.2) is 9.97 Å². The molecule has 2 aliphatic heterocycles. The number of aryl methyl sites for hydroxylation is 1. The standard InChI is InChI=1S/C23H27Cl2N5O.2ClH/c1-14-2-5-20-21(14)22(28-13-27-20)29-6-8-30(9-7-29)23(31)17-12-26-11-16(17)15-3-4-18(24)19(25)10-15;;/h3-4,10,13-14,16-17,26H,2,5-9,11-12H2,1H3;2*1H/t14-,16+,17-;;/m1../s1. The van der Waals surface area contributed by atoms with Crippen LogP contribution in [0.4, 0.5) is 5.82 Å². The molecule has 3 aliphatic rings. The van der Waals surface area contributed by atoms with Gasteiger partial charge >= 0.3 is 0 Å². The molecule has 10 heteroatoms. The van der Waals surface area contributed by atoms with E-state index in [9.17, 15) is 4.79 Å². The Morgan fingerprint density at radius 2 is 1.82 bits per heavy atom. The lowest BCUT2D eigenvalue weighted by Gasteiger charge is -2.38. The highest BCUT2D eigenvalue weighted by Gasteiger charge is 2.38. The molecule has 0 radical (unpaired) electrons. The molecule has 0 bridgehead atoms. The van der Waals surface area contributed by atoms with Crippen LogP contribution in [0.2, 0.25) is 10.0 Å². The molecule has 33 heavy (non-hydrogen) atoms. The van der Waals surface area contributed by atoms with E-state index >= 15 is 0 Å². The summed E-state index contributed by atoms with van der Waals surface area (Å²) in [4.78, 5) is 26.8. The Morgan fingerprint density at radius 1 is 1.06 bits per heavy atom. The van der Waals surface area contributed by atoms with Gasteiger partial charge in [0.2, 0.25) is 5.91 Å². The number of halogens is 4. The summed E-state index contributed by atoms with van der Waals surface area (Å²) in [5, 5.41) is 4.47. The molecule has 2 aromatic rings. The maximum atomic E-state index is 13.4. The number of piperazine rings is 1. The lowest BCUT2D eigenvalue weighted by Crippen LogP contribution is -2.51. The number of rotatable bonds is 3. The van der Waals surface area contributed by atoms with E-state index in [1.54, 1.807) is 6.33 Å². The van der Waals surface area contributed by atoms with Crippen LogP contribution in [0.5, 0.6) is 0 Å². The summed E-state index contributed by atoms with van der Waals surface area (Å²) in [5.41, 5.74) is 3.57. The molecule has 0 unspecified atom stereocenters. The highest BCUT2D eigenvalue weighted by Crippen LogP contribution is 2.38. The zero-order valence-corrected chi connectivity index (χ0v) is 21.6. The van der Waals surface area contributed by atoms with Crippen molar-refractivity contribution in [3.8, 4) is 0 Å². The third kappa shape index (κ3) is 5.06. The highest BCUT2D eigenvalue weighted by atomic mass is 35.5. The van der Waals surface area contributed by atoms with Gasteiger partial charge in [-0.3, -0.25) is 4.79 Å². The molecule has 1 aromatic heterocycles. The predicted molar refractivity (Wildman–Crippen MR) is 138 cm³/mol. The van der Waals surface area contributed by atoms with Crippen molar-refractivity contribution in [2.24, 2.45) is 5.92 Å². The number of fused-ring (bicyclic) bond motifs is 1. The maximum Gasteiger partial charge on any atom is 0.227 e. The van der Waals surface area contributed by atoms with Gasteiger partial charge in [0.15, 0.2) is 0 Å². The Morgan fingerprint density at radius 3 is 2.55 bits per heavy atom. The van der Waals surface area contributed by atoms with Crippen molar-refractivity contribution >= 4 is 59.7 Å². The Balaban J connectivity index is 0.00000153. The van der Waals surface area contributed by atoms with Crippen LogP contribution in [0, 0.1) is 5.92 Å². The molecule has 5 rings (SSSR count). The Kier molecular flexibility index (Phi) is 8.73. The van der Waals surface area contributed by atoms with E-state index in [4.69, 9.17) is 23.2 Å². The summed E-state index contributed by atoms with van der Waals surface area (Å²) in [5.74, 6) is 1.83. The topological polar surface area (TPSA) is 61.4 Å². The molecule has 3 heterocycles. The number of hydrogen-bond acceptors (Lipinski definition) is 5. The van der Waals surface area contributed by atoms with E-state index in [0.29, 0.717) is 22.5 Å². The first-order chi connectivity index (χ1) is 15.0. The minimum Gasteiger partial charge on any atom is -0.353 e. The van der Waals surface area contributed by atoms with E-state index in [-0.39, 0.29) is 42.6 Å². The number of amides is 1. The van der Waals surface area contributed by atoms with E-state index in [1.807, 2.05) is 23.1 Å². The van der Waals surface area contributed by atoms with E-state index in [1.165, 1.54) is 11.3 Å². The average molecular weight is 533 g/mol. The summed E-state index contributed by atoms with van der Waals surface area (Å²) in [6.45, 7) is 6.78. The maximum absolute atomic E-state index is 13.4. The lowest BCUT2D eigenvalue weighted by molar-refractivity contribution is -0.135. The summed E-state index contributed by atoms with van der Waals surface area (Å²) in [6, 6.07) is 5.70. The van der Waals surface area contributed by atoms with Gasteiger partial charge in [0.05, 0.1) is 16.0 Å². The molecule has 1 aromatic carbocycles. The van der Waals surface area contributed by atoms with Crippen molar-refractivity contribution in [2.75, 3.05) is 44.2 Å². The SMILES string of the molecule is C[C@@H]1CCc2ncnc(N3CCN(C(=O)[C@@H]4CNC[C@H]4c4ccc(Cl)c(Cl)c4)CC3)c21.Cl.Cl. The Bertz CT molecular complexity index is 999. The number of nitrogens with one attached hydrogen (secondary N) is 1. The summed E-state index contributed by atoms with van der Waals surface area (Å²) in [6.07, 6.45) is 3.87. The Hall–Kier alpha value is -1.31. The molecule has 1 amide bonds. The van der Waals surface area contributed by atoms with Gasteiger partial charge in [0, 0.05) is 56.4 Å². The van der Waals surface area contributed by atoms with E-state index in [2.05, 4.69) is 27.1 Å². The number of aromatic nitrogens is 2. The highest BCUT2D eigenvalue weighted by molar-refractivity contribution is 6.42. The molecule has 6 nitrogen and oxygen atoms in total. The zero-order chi connectivity index (χ0) is 21.5. The molecule has 0 spiro atoms. The summed E-state index contributed by atoms with van der Waals surface area (Å²) < 4.78 is 0. The minimum atomic E-state index is -0.0767. The van der Waals surface area contributed by atoms with Crippen LogP contribution < -0.4 is 10.2 Å². The largest absolute Gasteiger partial charge is 0.353 e. The second-order valence-corrected chi connectivity index (χ2v) is 9.67. The van der Waals surface area contributed by atoms with Crippen molar-refractivity contribution in [2.45, 2.75) is 31.6 Å². The summed E-state index contributed by atoms with van der Waals surface area (Å²) >= 11 is 12.3. The molecule has 0 saturated carbocycles. The molecular weight excluding hydrogens is 504 g/mol. The van der Waals surface area contributed by atoms with Crippen molar-refractivity contribution in [3.63, 3.8) is 0 Å². The van der Waals surface area contributed by atoms with Crippen LogP contribution in [-0.4, -0.2) is 60.0 Å². The van der Waals surface area contributed by atoms with Gasteiger partial charge < -0.3 is 15.1 Å². The molecule has 2 saturated heterocycles. The number of nitrogens with zero attached hydrogens (tertiary/aromatic N) is 4.